The lowest BCUT2D eigenvalue weighted by Crippen LogP contribution is -1.73. The Kier molecular flexibility index (Phi) is 1.29. The van der Waals surface area contributed by atoms with Crippen LogP contribution in [-0.2, 0) is 6.54 Å². The molecule has 0 aliphatic rings. The molecule has 3 nitrogen and oxygen atoms in total. The molecule has 40 valence electrons. The average Bonchev–Trinajstić information content (AvgIpc) is 2.19. The second kappa shape index (κ2) is 2.12. The number of hydrogen-bond donors (Lipinski definition) is 0. The van der Waals surface area contributed by atoms with E-state index in [1.54, 1.807) is 6.07 Å². The highest BCUT2D eigenvalue weighted by atomic mass is 16.5. The maximum atomic E-state index is 6.42. The summed E-state index contributed by atoms with van der Waals surface area (Å²) in [6, 6.07) is 1.68. The van der Waals surface area contributed by atoms with Crippen molar-refractivity contribution in [1.29, 1.82) is 0 Å². The van der Waals surface area contributed by atoms with Crippen LogP contribution in [0.3, 0.4) is 0 Å². The number of nitrogens with zero attached hydrogens (tertiary/aromatic N) is 2. The number of aromatic nitrogens is 1. The molecule has 0 amide bonds. The van der Waals surface area contributed by atoms with Gasteiger partial charge < -0.3 is 9.37 Å². The van der Waals surface area contributed by atoms with E-state index in [4.69, 9.17) is 6.57 Å². The van der Waals surface area contributed by atoms with Gasteiger partial charge in [-0.05, 0) is 0 Å². The lowest BCUT2D eigenvalue weighted by molar-refractivity contribution is 0.413. The Hall–Kier alpha value is -1.30. The Bertz CT molecular complexity index is 185. The third-order valence-electron chi connectivity index (χ3n) is 0.732. The maximum absolute atomic E-state index is 6.42. The molecule has 0 unspecified atom stereocenters. The zero-order chi connectivity index (χ0) is 5.82. The zero-order valence-electron chi connectivity index (χ0n) is 4.16. The Morgan fingerprint density at radius 1 is 1.88 bits per heavy atom. The summed E-state index contributed by atoms with van der Waals surface area (Å²) < 4.78 is 4.47. The molecule has 1 rings (SSSR count). The van der Waals surface area contributed by atoms with Gasteiger partial charge in [0.1, 0.15) is 6.26 Å². The summed E-state index contributed by atoms with van der Waals surface area (Å²) in [5.74, 6) is 0. The van der Waals surface area contributed by atoms with E-state index in [1.165, 1.54) is 6.26 Å². The molecule has 0 bridgehead atoms. The van der Waals surface area contributed by atoms with Crippen molar-refractivity contribution in [2.45, 2.75) is 6.54 Å². The van der Waals surface area contributed by atoms with Crippen LogP contribution in [0.25, 0.3) is 4.85 Å². The van der Waals surface area contributed by atoms with Gasteiger partial charge in [-0.1, -0.05) is 5.16 Å². The molecule has 0 fully saturated rings. The summed E-state index contributed by atoms with van der Waals surface area (Å²) in [7, 11) is 0. The average molecular weight is 108 g/mol. The van der Waals surface area contributed by atoms with E-state index in [0.29, 0.717) is 12.2 Å². The van der Waals surface area contributed by atoms with Crippen molar-refractivity contribution < 1.29 is 4.52 Å². The minimum absolute atomic E-state index is 0.316. The first-order valence-electron chi connectivity index (χ1n) is 2.16. The SMILES string of the molecule is [C-]#[N+]Cc1ccon1. The van der Waals surface area contributed by atoms with Crippen molar-refractivity contribution in [2.75, 3.05) is 0 Å². The van der Waals surface area contributed by atoms with Crippen LogP contribution < -0.4 is 0 Å². The van der Waals surface area contributed by atoms with Gasteiger partial charge in [-0.25, -0.2) is 6.57 Å². The predicted octanol–water partition coefficient (Wildman–Crippen LogP) is 1.09. The second-order valence-electron chi connectivity index (χ2n) is 1.31. The summed E-state index contributed by atoms with van der Waals surface area (Å²) in [5, 5.41) is 3.52. The molecule has 1 heterocycles. The third-order valence-corrected chi connectivity index (χ3v) is 0.732. The first kappa shape index (κ1) is 4.85. The van der Waals surface area contributed by atoms with Crippen LogP contribution in [0.15, 0.2) is 16.9 Å². The van der Waals surface area contributed by atoms with E-state index in [-0.39, 0.29) is 0 Å². The highest BCUT2D eigenvalue weighted by Gasteiger charge is 1.94. The normalized spacial score (nSPS) is 8.38. The highest BCUT2D eigenvalue weighted by Crippen LogP contribution is 1.94. The van der Waals surface area contributed by atoms with E-state index in [1.807, 2.05) is 0 Å². The van der Waals surface area contributed by atoms with Crippen molar-refractivity contribution in [3.05, 3.63) is 29.4 Å². The van der Waals surface area contributed by atoms with Crippen LogP contribution in [0.1, 0.15) is 5.69 Å². The molecule has 0 saturated heterocycles. The quantitative estimate of drug-likeness (QED) is 0.504. The summed E-state index contributed by atoms with van der Waals surface area (Å²) in [6.45, 7) is 6.74. The molecule has 0 saturated carbocycles. The van der Waals surface area contributed by atoms with Crippen molar-refractivity contribution in [3.63, 3.8) is 0 Å². The van der Waals surface area contributed by atoms with Gasteiger partial charge in [-0.15, -0.1) is 0 Å². The van der Waals surface area contributed by atoms with Crippen LogP contribution in [0, 0.1) is 6.57 Å². The van der Waals surface area contributed by atoms with E-state index >= 15 is 0 Å². The topological polar surface area (TPSA) is 30.4 Å². The summed E-state index contributed by atoms with van der Waals surface area (Å²) in [4.78, 5) is 3.11. The minimum atomic E-state index is 0.316. The molecule has 1 aromatic rings. The fourth-order valence-corrected chi connectivity index (χ4v) is 0.400. The van der Waals surface area contributed by atoms with Gasteiger partial charge in [-0.2, -0.15) is 0 Å². The smallest absolute Gasteiger partial charge is 0.259 e. The summed E-state index contributed by atoms with van der Waals surface area (Å²) in [6.07, 6.45) is 1.46. The molecule has 1 aromatic heterocycles. The molecule has 3 heteroatoms. The minimum Gasteiger partial charge on any atom is -0.364 e. The van der Waals surface area contributed by atoms with Gasteiger partial charge in [0.2, 0.25) is 0 Å². The fourth-order valence-electron chi connectivity index (χ4n) is 0.400. The zero-order valence-corrected chi connectivity index (χ0v) is 4.16. The monoisotopic (exact) mass is 108 g/mol. The predicted molar refractivity (Wildman–Crippen MR) is 26.8 cm³/mol. The van der Waals surface area contributed by atoms with Crippen molar-refractivity contribution in [3.8, 4) is 0 Å². The maximum Gasteiger partial charge on any atom is 0.259 e. The van der Waals surface area contributed by atoms with Gasteiger partial charge in [0.25, 0.3) is 6.54 Å². The standard InChI is InChI=1S/C5H4N2O/c1-6-4-5-2-3-8-7-5/h2-3H,4H2. The molecule has 8 heavy (non-hydrogen) atoms. The van der Waals surface area contributed by atoms with Crippen LogP contribution >= 0.6 is 0 Å². The van der Waals surface area contributed by atoms with Crippen LogP contribution in [0.4, 0.5) is 0 Å². The number of hydrogen-bond acceptors (Lipinski definition) is 2. The van der Waals surface area contributed by atoms with Crippen LogP contribution in [0.5, 0.6) is 0 Å². The highest BCUT2D eigenvalue weighted by molar-refractivity contribution is 4.97. The van der Waals surface area contributed by atoms with Gasteiger partial charge in [0.05, 0.1) is 0 Å². The molecule has 0 radical (unpaired) electrons. The molecule has 0 spiro atoms. The Labute approximate surface area is 46.7 Å². The lowest BCUT2D eigenvalue weighted by atomic mass is 10.4. The lowest BCUT2D eigenvalue weighted by Gasteiger charge is -1.71. The Morgan fingerprint density at radius 2 is 2.75 bits per heavy atom. The molecule has 0 N–H and O–H groups in total. The molecule has 0 aliphatic carbocycles. The molecular weight excluding hydrogens is 104 g/mol. The van der Waals surface area contributed by atoms with Gasteiger partial charge in [0.15, 0.2) is 5.69 Å². The van der Waals surface area contributed by atoms with Crippen LogP contribution in [0.2, 0.25) is 0 Å². The second-order valence-corrected chi connectivity index (χ2v) is 1.31. The van der Waals surface area contributed by atoms with Gasteiger partial charge >= 0.3 is 0 Å². The van der Waals surface area contributed by atoms with Crippen molar-refractivity contribution in [1.82, 2.24) is 5.16 Å². The first-order chi connectivity index (χ1) is 3.93. The number of rotatable bonds is 1. The van der Waals surface area contributed by atoms with E-state index in [0.717, 1.165) is 0 Å². The third kappa shape index (κ3) is 0.850. The van der Waals surface area contributed by atoms with Gasteiger partial charge in [0, 0.05) is 6.07 Å². The Morgan fingerprint density at radius 3 is 3.25 bits per heavy atom. The fraction of sp³-hybridized carbons (Fsp3) is 0.200. The Balaban J connectivity index is 2.67. The molecular formula is C5H4N2O. The van der Waals surface area contributed by atoms with Crippen LogP contribution in [-0.4, -0.2) is 5.16 Å². The molecule has 0 aliphatic heterocycles. The van der Waals surface area contributed by atoms with Gasteiger partial charge in [-0.3, -0.25) is 0 Å². The largest absolute Gasteiger partial charge is 0.364 e. The van der Waals surface area contributed by atoms with E-state index in [2.05, 4.69) is 14.5 Å². The first-order valence-corrected chi connectivity index (χ1v) is 2.16. The van der Waals surface area contributed by atoms with E-state index < -0.39 is 0 Å². The van der Waals surface area contributed by atoms with Crippen molar-refractivity contribution >= 4 is 0 Å². The van der Waals surface area contributed by atoms with Crippen molar-refractivity contribution in [2.24, 2.45) is 0 Å². The molecule has 0 aromatic carbocycles. The van der Waals surface area contributed by atoms with E-state index in [9.17, 15) is 0 Å². The summed E-state index contributed by atoms with van der Waals surface area (Å²) in [5.41, 5.74) is 0.694. The molecule has 0 atom stereocenters. The summed E-state index contributed by atoms with van der Waals surface area (Å²) >= 11 is 0.